The Morgan fingerprint density at radius 2 is 2.00 bits per heavy atom. The number of aromatic nitrogens is 2. The number of aryl methyl sites for hydroxylation is 2. The minimum Gasteiger partial charge on any atom is -0.351 e. The maximum Gasteiger partial charge on any atom is 0.224 e. The van der Waals surface area contributed by atoms with Gasteiger partial charge in [0.05, 0.1) is 11.7 Å². The van der Waals surface area contributed by atoms with Crippen molar-refractivity contribution in [3.05, 3.63) is 77.4 Å². The molecule has 4 rings (SSSR count). The van der Waals surface area contributed by atoms with Gasteiger partial charge in [-0.15, -0.1) is 0 Å². The first-order chi connectivity index (χ1) is 14.9. The van der Waals surface area contributed by atoms with Crippen molar-refractivity contribution in [1.29, 1.82) is 0 Å². The van der Waals surface area contributed by atoms with Gasteiger partial charge in [0, 0.05) is 42.4 Å². The van der Waals surface area contributed by atoms with Crippen molar-refractivity contribution < 1.29 is 4.79 Å². The van der Waals surface area contributed by atoms with E-state index in [4.69, 9.17) is 12.2 Å². The molecule has 3 heterocycles. The first-order valence-corrected chi connectivity index (χ1v) is 10.8. The second-order valence-electron chi connectivity index (χ2n) is 7.86. The summed E-state index contributed by atoms with van der Waals surface area (Å²) in [6.07, 6.45) is 2.26. The van der Waals surface area contributed by atoms with E-state index in [2.05, 4.69) is 57.3 Å². The monoisotopic (exact) mass is 433 g/mol. The third kappa shape index (κ3) is 3.93. The molecule has 0 aliphatic carbocycles. The average Bonchev–Trinajstić information content (AvgIpc) is 3.28. The molecule has 1 fully saturated rings. The molecule has 2 atom stereocenters. The van der Waals surface area contributed by atoms with E-state index in [1.165, 1.54) is 5.69 Å². The number of rotatable bonds is 5. The Morgan fingerprint density at radius 3 is 2.61 bits per heavy atom. The van der Waals surface area contributed by atoms with Crippen molar-refractivity contribution in [2.24, 2.45) is 7.05 Å². The van der Waals surface area contributed by atoms with Crippen LogP contribution in [0.1, 0.15) is 48.1 Å². The molecule has 160 valence electrons. The summed E-state index contributed by atoms with van der Waals surface area (Å²) in [6.45, 7) is 5.94. The van der Waals surface area contributed by atoms with Crippen LogP contribution in [-0.2, 0) is 11.8 Å². The van der Waals surface area contributed by atoms with Crippen LogP contribution in [0.4, 0.5) is 11.4 Å². The van der Waals surface area contributed by atoms with Crippen LogP contribution < -0.4 is 15.5 Å². The molecule has 2 N–H and O–H groups in total. The van der Waals surface area contributed by atoms with Gasteiger partial charge < -0.3 is 20.1 Å². The lowest BCUT2D eigenvalue weighted by atomic mass is 10.0. The highest BCUT2D eigenvalue weighted by Crippen LogP contribution is 2.42. The van der Waals surface area contributed by atoms with E-state index in [0.29, 0.717) is 11.5 Å². The molecular weight excluding hydrogens is 406 g/mol. The Labute approximate surface area is 188 Å². The quantitative estimate of drug-likeness (QED) is 0.578. The van der Waals surface area contributed by atoms with Gasteiger partial charge in [-0.3, -0.25) is 9.78 Å². The molecule has 1 saturated heterocycles. The van der Waals surface area contributed by atoms with E-state index in [1.807, 2.05) is 50.4 Å². The zero-order chi connectivity index (χ0) is 22.1. The maximum atomic E-state index is 11.8. The Kier molecular flexibility index (Phi) is 5.78. The van der Waals surface area contributed by atoms with Crippen LogP contribution in [0.3, 0.4) is 0 Å². The molecule has 6 nitrogen and oxygen atoms in total. The third-order valence-electron chi connectivity index (χ3n) is 5.90. The van der Waals surface area contributed by atoms with Crippen molar-refractivity contribution in [2.45, 2.75) is 39.3 Å². The Hall–Kier alpha value is -3.19. The van der Waals surface area contributed by atoms with Crippen LogP contribution in [0.25, 0.3) is 0 Å². The highest BCUT2D eigenvalue weighted by molar-refractivity contribution is 7.80. The molecule has 3 aromatic rings. The average molecular weight is 434 g/mol. The van der Waals surface area contributed by atoms with E-state index >= 15 is 0 Å². The standard InChI is InChI=1S/C24H27N5OS/c1-5-21(30)26-18-11-10-17(14-15(18)2)29-23(20-12-9-16(3)28(20)4)22(27-24(29)31)19-8-6-7-13-25-19/h6-14,22-23H,5H2,1-4H3,(H,26,30)(H,27,31)/t22-,23-/m1/s1. The number of carbonyl (C=O) groups excluding carboxylic acids is 1. The Balaban J connectivity index is 1.78. The summed E-state index contributed by atoms with van der Waals surface area (Å²) in [6, 6.07) is 16.1. The van der Waals surface area contributed by atoms with E-state index < -0.39 is 0 Å². The number of nitrogens with zero attached hydrogens (tertiary/aromatic N) is 3. The number of hydrogen-bond donors (Lipinski definition) is 2. The van der Waals surface area contributed by atoms with Gasteiger partial charge in [0.15, 0.2) is 5.11 Å². The minimum absolute atomic E-state index is 0.00147. The van der Waals surface area contributed by atoms with Crippen molar-refractivity contribution in [2.75, 3.05) is 10.2 Å². The third-order valence-corrected chi connectivity index (χ3v) is 6.21. The smallest absolute Gasteiger partial charge is 0.224 e. The predicted octanol–water partition coefficient (Wildman–Crippen LogP) is 4.56. The highest BCUT2D eigenvalue weighted by Gasteiger charge is 2.42. The van der Waals surface area contributed by atoms with E-state index in [1.54, 1.807) is 0 Å². The zero-order valence-corrected chi connectivity index (χ0v) is 19.0. The molecule has 0 bridgehead atoms. The van der Waals surface area contributed by atoms with Gasteiger partial charge in [0.1, 0.15) is 6.04 Å². The second-order valence-corrected chi connectivity index (χ2v) is 8.24. The molecule has 1 aromatic carbocycles. The number of carbonyl (C=O) groups is 1. The maximum absolute atomic E-state index is 11.8. The molecule has 1 amide bonds. The first-order valence-electron chi connectivity index (χ1n) is 10.4. The molecule has 0 radical (unpaired) electrons. The van der Waals surface area contributed by atoms with Gasteiger partial charge in [-0.1, -0.05) is 13.0 Å². The topological polar surface area (TPSA) is 62.2 Å². The number of nitrogens with one attached hydrogen (secondary N) is 2. The Morgan fingerprint density at radius 1 is 1.19 bits per heavy atom. The molecule has 0 saturated carbocycles. The molecule has 31 heavy (non-hydrogen) atoms. The number of amides is 1. The van der Waals surface area contributed by atoms with Crippen LogP contribution in [0.15, 0.2) is 54.7 Å². The molecule has 7 heteroatoms. The lowest BCUT2D eigenvalue weighted by Gasteiger charge is -2.29. The van der Waals surface area contributed by atoms with Gasteiger partial charge in [-0.25, -0.2) is 0 Å². The van der Waals surface area contributed by atoms with Gasteiger partial charge in [0.2, 0.25) is 5.91 Å². The number of pyridine rings is 1. The minimum atomic E-state index is -0.0820. The first kappa shape index (κ1) is 21.1. The van der Waals surface area contributed by atoms with E-state index in [9.17, 15) is 4.79 Å². The van der Waals surface area contributed by atoms with Crippen LogP contribution in [0.2, 0.25) is 0 Å². The van der Waals surface area contributed by atoms with Gasteiger partial charge in [-0.05, 0) is 74.1 Å². The summed E-state index contributed by atoms with van der Waals surface area (Å²) < 4.78 is 2.20. The van der Waals surface area contributed by atoms with Crippen molar-refractivity contribution in [3.8, 4) is 0 Å². The van der Waals surface area contributed by atoms with Crippen LogP contribution in [0, 0.1) is 13.8 Å². The van der Waals surface area contributed by atoms with Crippen molar-refractivity contribution in [3.63, 3.8) is 0 Å². The van der Waals surface area contributed by atoms with Crippen molar-refractivity contribution >= 4 is 34.6 Å². The summed E-state index contributed by atoms with van der Waals surface area (Å²) in [5, 5.41) is 7.11. The molecule has 0 unspecified atom stereocenters. The van der Waals surface area contributed by atoms with Gasteiger partial charge in [0.25, 0.3) is 0 Å². The van der Waals surface area contributed by atoms with Crippen LogP contribution in [-0.4, -0.2) is 20.6 Å². The largest absolute Gasteiger partial charge is 0.351 e. The lowest BCUT2D eigenvalue weighted by Crippen LogP contribution is -2.30. The number of anilines is 2. The van der Waals surface area contributed by atoms with E-state index in [-0.39, 0.29) is 18.0 Å². The number of hydrogen-bond acceptors (Lipinski definition) is 3. The molecule has 0 spiro atoms. The summed E-state index contributed by atoms with van der Waals surface area (Å²) in [7, 11) is 2.08. The summed E-state index contributed by atoms with van der Waals surface area (Å²) in [5.41, 5.74) is 6.07. The van der Waals surface area contributed by atoms with Gasteiger partial charge in [-0.2, -0.15) is 0 Å². The Bertz CT molecular complexity index is 1120. The van der Waals surface area contributed by atoms with Crippen molar-refractivity contribution in [1.82, 2.24) is 14.9 Å². The second kappa shape index (κ2) is 8.51. The summed E-state index contributed by atoms with van der Waals surface area (Å²) >= 11 is 5.80. The summed E-state index contributed by atoms with van der Waals surface area (Å²) in [5.74, 6) is 0.00147. The summed E-state index contributed by atoms with van der Waals surface area (Å²) in [4.78, 5) is 18.6. The van der Waals surface area contributed by atoms with Gasteiger partial charge >= 0.3 is 0 Å². The van der Waals surface area contributed by atoms with Crippen LogP contribution >= 0.6 is 12.2 Å². The fraction of sp³-hybridized carbons (Fsp3) is 0.292. The molecule has 1 aliphatic rings. The molecular formula is C24H27N5OS. The predicted molar refractivity (Wildman–Crippen MR) is 128 cm³/mol. The van der Waals surface area contributed by atoms with Crippen LogP contribution in [0.5, 0.6) is 0 Å². The number of thiocarbonyl (C=S) groups is 1. The fourth-order valence-corrected chi connectivity index (χ4v) is 4.39. The van der Waals surface area contributed by atoms with E-state index in [0.717, 1.165) is 28.3 Å². The molecule has 2 aromatic heterocycles. The normalized spacial score (nSPS) is 18.2. The SMILES string of the molecule is CCC(=O)Nc1ccc(N2C(=S)N[C@H](c3ccccn3)[C@H]2c2ccc(C)n2C)cc1C. The number of benzene rings is 1. The highest BCUT2D eigenvalue weighted by atomic mass is 32.1. The lowest BCUT2D eigenvalue weighted by molar-refractivity contribution is -0.115. The fourth-order valence-electron chi connectivity index (χ4n) is 4.04. The zero-order valence-electron chi connectivity index (χ0n) is 18.2. The molecule has 1 aliphatic heterocycles.